The molecule has 7 rings (SSSR count). The normalized spacial score (nSPS) is 11.6. The maximum atomic E-state index is 2.35. The van der Waals surface area contributed by atoms with Crippen molar-refractivity contribution in [2.24, 2.45) is 0 Å². The van der Waals surface area contributed by atoms with E-state index in [4.69, 9.17) is 0 Å². The molecule has 0 bridgehead atoms. The zero-order valence-corrected chi connectivity index (χ0v) is 25.0. The summed E-state index contributed by atoms with van der Waals surface area (Å²) in [5.74, 6) is 0. The van der Waals surface area contributed by atoms with Crippen molar-refractivity contribution in [2.45, 2.75) is 26.2 Å². The first-order valence-corrected chi connectivity index (χ1v) is 15.0. The second-order valence-corrected chi connectivity index (χ2v) is 12.3. The summed E-state index contributed by atoms with van der Waals surface area (Å²) < 4.78 is 0. The molecule has 0 amide bonds. The third kappa shape index (κ3) is 5.19. The zero-order valence-electron chi connectivity index (χ0n) is 25.0. The van der Waals surface area contributed by atoms with Gasteiger partial charge in [0, 0.05) is 17.1 Å². The Bertz CT molecular complexity index is 2010. The quantitative estimate of drug-likeness (QED) is 0.192. The Morgan fingerprint density at radius 3 is 1.47 bits per heavy atom. The number of rotatable bonds is 5. The Balaban J connectivity index is 1.32. The van der Waals surface area contributed by atoms with Crippen molar-refractivity contribution in [2.75, 3.05) is 4.90 Å². The second-order valence-electron chi connectivity index (χ2n) is 12.3. The molecule has 7 aromatic carbocycles. The summed E-state index contributed by atoms with van der Waals surface area (Å²) in [7, 11) is 0. The molecule has 0 saturated heterocycles. The molecule has 0 heterocycles. The van der Waals surface area contributed by atoms with Crippen LogP contribution in [0.4, 0.5) is 17.1 Å². The monoisotopic (exact) mass is 553 g/mol. The molecule has 208 valence electrons. The predicted molar refractivity (Wildman–Crippen MR) is 186 cm³/mol. The van der Waals surface area contributed by atoms with Gasteiger partial charge in [0.15, 0.2) is 0 Å². The van der Waals surface area contributed by atoms with Crippen LogP contribution in [0.1, 0.15) is 26.3 Å². The van der Waals surface area contributed by atoms with E-state index in [1.807, 2.05) is 0 Å². The molecular weight excluding hydrogens is 518 g/mol. The van der Waals surface area contributed by atoms with E-state index in [0.29, 0.717) is 0 Å². The highest BCUT2D eigenvalue weighted by Gasteiger charge is 2.17. The first-order chi connectivity index (χ1) is 21.0. The van der Waals surface area contributed by atoms with Gasteiger partial charge < -0.3 is 4.90 Å². The Hall–Kier alpha value is -5.14. The fourth-order valence-corrected chi connectivity index (χ4v) is 6.07. The van der Waals surface area contributed by atoms with Crippen LogP contribution in [0, 0.1) is 0 Å². The van der Waals surface area contributed by atoms with Gasteiger partial charge in [-0.2, -0.15) is 0 Å². The van der Waals surface area contributed by atoms with Crippen LogP contribution in [0.3, 0.4) is 0 Å². The molecule has 0 aliphatic rings. The highest BCUT2D eigenvalue weighted by atomic mass is 15.1. The van der Waals surface area contributed by atoms with Gasteiger partial charge in [0.2, 0.25) is 0 Å². The number of hydrogen-bond acceptors (Lipinski definition) is 1. The summed E-state index contributed by atoms with van der Waals surface area (Å²) in [6.07, 6.45) is 0. The number of fused-ring (bicyclic) bond motifs is 3. The number of nitrogens with zero attached hydrogens (tertiary/aromatic N) is 1. The molecule has 0 saturated carbocycles. The van der Waals surface area contributed by atoms with Crippen LogP contribution < -0.4 is 4.90 Å². The highest BCUT2D eigenvalue weighted by molar-refractivity contribution is 6.13. The first kappa shape index (κ1) is 26.7. The van der Waals surface area contributed by atoms with E-state index in [2.05, 4.69) is 183 Å². The minimum Gasteiger partial charge on any atom is -0.311 e. The molecule has 1 heteroatoms. The molecule has 43 heavy (non-hydrogen) atoms. The topological polar surface area (TPSA) is 3.24 Å². The maximum Gasteiger partial charge on any atom is 0.0462 e. The van der Waals surface area contributed by atoms with E-state index >= 15 is 0 Å². The lowest BCUT2D eigenvalue weighted by Crippen LogP contribution is -2.13. The van der Waals surface area contributed by atoms with Gasteiger partial charge in [-0.25, -0.2) is 0 Å². The van der Waals surface area contributed by atoms with E-state index in [1.54, 1.807) is 0 Å². The van der Waals surface area contributed by atoms with E-state index in [0.717, 1.165) is 17.1 Å². The summed E-state index contributed by atoms with van der Waals surface area (Å²) in [4.78, 5) is 2.35. The average Bonchev–Trinajstić information content (AvgIpc) is 3.05. The molecule has 7 aromatic rings. The van der Waals surface area contributed by atoms with Gasteiger partial charge in [0.25, 0.3) is 0 Å². The van der Waals surface area contributed by atoms with Gasteiger partial charge in [-0.15, -0.1) is 0 Å². The Morgan fingerprint density at radius 1 is 0.395 bits per heavy atom. The fourth-order valence-electron chi connectivity index (χ4n) is 6.07. The van der Waals surface area contributed by atoms with Crippen molar-refractivity contribution < 1.29 is 0 Å². The van der Waals surface area contributed by atoms with Crippen molar-refractivity contribution in [1.82, 2.24) is 0 Å². The van der Waals surface area contributed by atoms with Crippen molar-refractivity contribution >= 4 is 38.6 Å². The van der Waals surface area contributed by atoms with Gasteiger partial charge in [-0.3, -0.25) is 0 Å². The van der Waals surface area contributed by atoms with Crippen molar-refractivity contribution in [3.8, 4) is 22.3 Å². The summed E-state index contributed by atoms with van der Waals surface area (Å²) >= 11 is 0. The summed E-state index contributed by atoms with van der Waals surface area (Å²) in [5.41, 5.74) is 9.75. The lowest BCUT2D eigenvalue weighted by molar-refractivity contribution is 0.590. The SMILES string of the molecule is CC(C)(C)c1ccc(N(c2ccc(-c3ccccc3)cc2)c2ccc(-c3cc4ccccc4c4ccccc34)cc2)cc1. The Morgan fingerprint density at radius 2 is 0.860 bits per heavy atom. The van der Waals surface area contributed by atoms with Crippen LogP contribution in [-0.2, 0) is 5.41 Å². The maximum absolute atomic E-state index is 2.35. The van der Waals surface area contributed by atoms with Gasteiger partial charge >= 0.3 is 0 Å². The minimum absolute atomic E-state index is 0.102. The molecule has 0 fully saturated rings. The van der Waals surface area contributed by atoms with Gasteiger partial charge in [0.05, 0.1) is 0 Å². The third-order valence-corrected chi connectivity index (χ3v) is 8.43. The minimum atomic E-state index is 0.102. The lowest BCUT2D eigenvalue weighted by Gasteiger charge is -2.27. The van der Waals surface area contributed by atoms with Crippen LogP contribution in [0.5, 0.6) is 0 Å². The molecule has 0 spiro atoms. The molecular formula is C42H35N. The molecule has 0 unspecified atom stereocenters. The van der Waals surface area contributed by atoms with Crippen LogP contribution in [-0.4, -0.2) is 0 Å². The lowest BCUT2D eigenvalue weighted by atomic mass is 9.87. The Kier molecular flexibility index (Phi) is 6.80. The van der Waals surface area contributed by atoms with Crippen molar-refractivity contribution in [1.29, 1.82) is 0 Å². The predicted octanol–water partition coefficient (Wildman–Crippen LogP) is 12.1. The summed E-state index contributed by atoms with van der Waals surface area (Å²) in [6, 6.07) is 57.2. The molecule has 0 radical (unpaired) electrons. The van der Waals surface area contributed by atoms with Crippen molar-refractivity contribution in [3.63, 3.8) is 0 Å². The Labute approximate surface area is 254 Å². The third-order valence-electron chi connectivity index (χ3n) is 8.43. The van der Waals surface area contributed by atoms with Gasteiger partial charge in [-0.05, 0) is 97.2 Å². The molecule has 1 nitrogen and oxygen atoms in total. The van der Waals surface area contributed by atoms with Crippen molar-refractivity contribution in [3.05, 3.63) is 163 Å². The van der Waals surface area contributed by atoms with Gasteiger partial charge in [-0.1, -0.05) is 136 Å². The van der Waals surface area contributed by atoms with Crippen LogP contribution >= 0.6 is 0 Å². The van der Waals surface area contributed by atoms with Crippen LogP contribution in [0.25, 0.3) is 43.8 Å². The molecule has 0 aromatic heterocycles. The molecule has 0 aliphatic heterocycles. The summed E-state index contributed by atoms with van der Waals surface area (Å²) in [5, 5.41) is 5.13. The number of hydrogen-bond donors (Lipinski definition) is 0. The molecule has 0 atom stereocenters. The number of anilines is 3. The largest absolute Gasteiger partial charge is 0.311 e. The molecule has 0 aliphatic carbocycles. The second kappa shape index (κ2) is 10.9. The van der Waals surface area contributed by atoms with Crippen LogP contribution in [0.15, 0.2) is 158 Å². The van der Waals surface area contributed by atoms with Gasteiger partial charge in [0.1, 0.15) is 0 Å². The first-order valence-electron chi connectivity index (χ1n) is 15.0. The zero-order chi connectivity index (χ0) is 29.4. The average molecular weight is 554 g/mol. The van der Waals surface area contributed by atoms with E-state index in [9.17, 15) is 0 Å². The highest BCUT2D eigenvalue weighted by Crippen LogP contribution is 2.39. The smallest absolute Gasteiger partial charge is 0.0462 e. The fraction of sp³-hybridized carbons (Fsp3) is 0.0952. The van der Waals surface area contributed by atoms with E-state index in [1.165, 1.54) is 49.4 Å². The summed E-state index contributed by atoms with van der Waals surface area (Å²) in [6.45, 7) is 6.78. The van der Waals surface area contributed by atoms with E-state index in [-0.39, 0.29) is 5.41 Å². The van der Waals surface area contributed by atoms with E-state index < -0.39 is 0 Å². The molecule has 0 N–H and O–H groups in total. The van der Waals surface area contributed by atoms with Crippen LogP contribution in [0.2, 0.25) is 0 Å². The number of benzene rings is 7. The standard InChI is InChI=1S/C42H35N/c1-42(2,3)34-21-27-37(28-22-34)43(35-23-17-31(18-24-35)30-11-5-4-6-12-30)36-25-19-32(20-26-36)41-29-33-13-7-8-14-38(33)39-15-9-10-16-40(39)41/h4-29H,1-3H3.